The van der Waals surface area contributed by atoms with E-state index in [2.05, 4.69) is 0 Å². The minimum atomic E-state index is -4.64. The van der Waals surface area contributed by atoms with E-state index >= 15 is 0 Å². The van der Waals surface area contributed by atoms with Gasteiger partial charge in [0.15, 0.2) is 0 Å². The predicted octanol–water partition coefficient (Wildman–Crippen LogP) is -2.92. The molecule has 0 spiro atoms. The van der Waals surface area contributed by atoms with Crippen LogP contribution in [0.2, 0.25) is 0 Å². The van der Waals surface area contributed by atoms with Gasteiger partial charge >= 0.3 is 68.7 Å². The average molecular weight is 608 g/mol. The second-order valence-electron chi connectivity index (χ2n) is 2.57. The maximum absolute atomic E-state index is 8.88. The van der Waals surface area contributed by atoms with Gasteiger partial charge in [0.2, 0.25) is 0 Å². The van der Waals surface area contributed by atoms with Gasteiger partial charge in [-0.2, -0.15) is 0 Å². The molecule has 0 aromatic heterocycles. The van der Waals surface area contributed by atoms with Crippen LogP contribution in [0.25, 0.3) is 0 Å². The van der Waals surface area contributed by atoms with E-state index in [1.54, 1.807) is 0 Å². The van der Waals surface area contributed by atoms with E-state index in [9.17, 15) is 0 Å². The zero-order valence-corrected chi connectivity index (χ0v) is 20.9. The summed E-state index contributed by atoms with van der Waals surface area (Å²) in [5, 5.41) is 0. The molecule has 0 saturated heterocycles. The summed E-state index contributed by atoms with van der Waals surface area (Å²) in [6, 6.07) is 0. The first-order valence-corrected chi connectivity index (χ1v) is 13.7. The maximum atomic E-state index is 8.88. The van der Waals surface area contributed by atoms with Crippen molar-refractivity contribution in [3.63, 3.8) is 0 Å². The molecule has 32 heavy (non-hydrogen) atoms. The van der Waals surface area contributed by atoms with Crippen molar-refractivity contribution in [2.75, 3.05) is 0 Å². The Hall–Kier alpha value is 1.47. The Morgan fingerprint density at radius 3 is 0.312 bits per heavy atom. The van der Waals surface area contributed by atoms with E-state index in [0.29, 0.717) is 0 Å². The fraction of sp³-hybridized carbons (Fsp3) is 1.00. The molecule has 0 rings (SSSR count). The molecule has 0 heterocycles. The molecule has 0 unspecified atom stereocenters. The molecule has 0 bridgehead atoms. The van der Waals surface area contributed by atoms with Crippen LogP contribution in [0.5, 0.6) is 0 Å². The van der Waals surface area contributed by atoms with Gasteiger partial charge in [-0.1, -0.05) is 27.7 Å². The summed E-state index contributed by atoms with van der Waals surface area (Å²) in [4.78, 5) is 108. The standard InChI is InChI=1S/2C2H6.2H3N.Na.5H3O4P.H/c2*1-2;;;;5*1-5(2,3)4;/h2*1-2H3;2*1H3;;5*(H3,1,2,3,4);. The Labute approximate surface area is 204 Å². The fourth-order valence-corrected chi connectivity index (χ4v) is 0. The topological polar surface area (TPSA) is 459 Å². The van der Waals surface area contributed by atoms with Crippen molar-refractivity contribution in [1.82, 2.24) is 12.3 Å². The SMILES string of the molecule is CC.CC.N.N.O=P(O)(O)O.O=P(O)(O)O.O=P(O)(O)O.O=P(O)(O)O.O=P(O)(O)O.[NaH]. The van der Waals surface area contributed by atoms with Gasteiger partial charge in [-0.05, 0) is 0 Å². The fourth-order valence-electron chi connectivity index (χ4n) is 0. The Balaban J connectivity index is -0.0000000222. The predicted molar refractivity (Wildman–Crippen MR) is 111 cm³/mol. The number of rotatable bonds is 0. The summed E-state index contributed by atoms with van der Waals surface area (Å²) in [6.45, 7) is 8.00. The first kappa shape index (κ1) is 64.1. The van der Waals surface area contributed by atoms with Crippen molar-refractivity contribution >= 4 is 68.7 Å². The van der Waals surface area contributed by atoms with Crippen molar-refractivity contribution in [2.24, 2.45) is 0 Å². The molecule has 0 saturated carbocycles. The van der Waals surface area contributed by atoms with Crippen LogP contribution in [0, 0.1) is 0 Å². The van der Waals surface area contributed by atoms with E-state index in [-0.39, 0.29) is 41.9 Å². The molecule has 0 aliphatic rings. The van der Waals surface area contributed by atoms with Crippen LogP contribution in [0.1, 0.15) is 27.7 Å². The van der Waals surface area contributed by atoms with Crippen LogP contribution >= 0.6 is 39.1 Å². The summed E-state index contributed by atoms with van der Waals surface area (Å²) < 4.78 is 44.4. The van der Waals surface area contributed by atoms with Crippen LogP contribution in [0.15, 0.2) is 0 Å². The second-order valence-corrected chi connectivity index (χ2v) is 7.70. The van der Waals surface area contributed by atoms with E-state index in [1.165, 1.54) is 0 Å². The first-order valence-electron chi connectivity index (χ1n) is 5.91. The summed E-state index contributed by atoms with van der Waals surface area (Å²) in [5.41, 5.74) is 0. The van der Waals surface area contributed by atoms with Crippen molar-refractivity contribution < 1.29 is 96.2 Å². The Bertz CT molecular complexity index is 399. The second kappa shape index (κ2) is 32.5. The molecule has 0 fully saturated rings. The third-order valence-electron chi connectivity index (χ3n) is 0. The van der Waals surface area contributed by atoms with Crippen LogP contribution in [0.4, 0.5) is 0 Å². The van der Waals surface area contributed by atoms with Crippen LogP contribution in [-0.2, 0) is 22.8 Å². The molecular weight excluding hydrogens is 574 g/mol. The van der Waals surface area contributed by atoms with Gasteiger partial charge in [-0.3, -0.25) is 0 Å². The third kappa shape index (κ3) is 13500. The summed E-state index contributed by atoms with van der Waals surface area (Å²) in [6.07, 6.45) is 0. The number of hydrogen-bond acceptors (Lipinski definition) is 7. The zero-order chi connectivity index (χ0) is 26.5. The third-order valence-corrected chi connectivity index (χ3v) is 0. The zero-order valence-electron chi connectivity index (χ0n) is 16.4. The average Bonchev–Trinajstić information content (AvgIpc) is 2.21. The molecule has 0 aromatic carbocycles. The minimum absolute atomic E-state index is 0. The summed E-state index contributed by atoms with van der Waals surface area (Å²) in [7, 11) is -23.2. The Kier molecular flexibility index (Phi) is 65.0. The Morgan fingerprint density at radius 2 is 0.312 bits per heavy atom. The molecule has 0 amide bonds. The summed E-state index contributed by atoms with van der Waals surface area (Å²) >= 11 is 0. The number of phosphoric acid groups is 5. The molecular formula is C4H34N2NaO20P5. The van der Waals surface area contributed by atoms with Gasteiger partial charge in [0, 0.05) is 0 Å². The van der Waals surface area contributed by atoms with Gasteiger partial charge in [0.1, 0.15) is 0 Å². The first-order chi connectivity index (χ1) is 12.0. The Morgan fingerprint density at radius 1 is 0.312 bits per heavy atom. The van der Waals surface area contributed by atoms with Gasteiger partial charge in [-0.25, -0.2) is 22.8 Å². The van der Waals surface area contributed by atoms with Crippen molar-refractivity contribution in [3.8, 4) is 0 Å². The van der Waals surface area contributed by atoms with Crippen molar-refractivity contribution in [3.05, 3.63) is 0 Å². The molecule has 28 heteroatoms. The molecule has 0 aliphatic heterocycles. The van der Waals surface area contributed by atoms with Crippen LogP contribution in [0.3, 0.4) is 0 Å². The van der Waals surface area contributed by atoms with Crippen molar-refractivity contribution in [1.29, 1.82) is 0 Å². The van der Waals surface area contributed by atoms with Crippen LogP contribution < -0.4 is 12.3 Å². The number of hydrogen-bond donors (Lipinski definition) is 17. The normalized spacial score (nSPS) is 9.59. The molecule has 21 N–H and O–H groups in total. The molecule has 206 valence electrons. The van der Waals surface area contributed by atoms with E-state index < -0.39 is 39.1 Å². The molecule has 0 aromatic rings. The molecule has 0 aliphatic carbocycles. The molecule has 0 atom stereocenters. The molecule has 0 radical (unpaired) electrons. The quantitative estimate of drug-likeness (QED) is 0.0967. The van der Waals surface area contributed by atoms with Gasteiger partial charge in [0.05, 0.1) is 0 Å². The van der Waals surface area contributed by atoms with Crippen molar-refractivity contribution in [2.45, 2.75) is 27.7 Å². The van der Waals surface area contributed by atoms with Gasteiger partial charge in [0.25, 0.3) is 0 Å². The van der Waals surface area contributed by atoms with E-state index in [1.807, 2.05) is 27.7 Å². The molecule has 22 nitrogen and oxygen atoms in total. The van der Waals surface area contributed by atoms with Crippen LogP contribution in [-0.4, -0.2) is 103 Å². The van der Waals surface area contributed by atoms with E-state index in [0.717, 1.165) is 0 Å². The van der Waals surface area contributed by atoms with Gasteiger partial charge < -0.3 is 85.7 Å². The van der Waals surface area contributed by atoms with E-state index in [4.69, 9.17) is 96.2 Å². The summed E-state index contributed by atoms with van der Waals surface area (Å²) in [5.74, 6) is 0. The monoisotopic (exact) mass is 608 g/mol. The van der Waals surface area contributed by atoms with Gasteiger partial charge in [-0.15, -0.1) is 0 Å².